The van der Waals surface area contributed by atoms with Crippen LogP contribution >= 0.6 is 0 Å². The molecule has 2 aliphatic rings. The lowest BCUT2D eigenvalue weighted by atomic mass is 9.76. The number of nitrogens with two attached hydrogens (primary N) is 1. The Balaban J connectivity index is 2.23. The first kappa shape index (κ1) is 14.2. The van der Waals surface area contributed by atoms with Gasteiger partial charge in [0.1, 0.15) is 6.04 Å². The molecule has 0 aliphatic carbocycles. The standard InChI is InChI=1S/C13H21BN2O3/c1-12(2)13(3,4)19-14(18-12)9-6-7-16(5)10(8-9)11(15)17/h6-8,10H,1-5H3,(H2,15,17). The molecule has 0 radical (unpaired) electrons. The van der Waals surface area contributed by atoms with Gasteiger partial charge >= 0.3 is 7.12 Å². The minimum absolute atomic E-state index is 0.388. The molecule has 19 heavy (non-hydrogen) atoms. The molecule has 2 aliphatic heterocycles. The minimum atomic E-state index is -0.461. The highest BCUT2D eigenvalue weighted by molar-refractivity contribution is 6.55. The lowest BCUT2D eigenvalue weighted by molar-refractivity contribution is -0.120. The van der Waals surface area contributed by atoms with Crippen molar-refractivity contribution in [2.45, 2.75) is 44.9 Å². The summed E-state index contributed by atoms with van der Waals surface area (Å²) in [6, 6.07) is -0.459. The number of hydrogen-bond donors (Lipinski definition) is 1. The molecule has 0 aromatic carbocycles. The molecule has 0 saturated carbocycles. The predicted molar refractivity (Wildman–Crippen MR) is 74.1 cm³/mol. The third-order valence-corrected chi connectivity index (χ3v) is 4.11. The van der Waals surface area contributed by atoms with Gasteiger partial charge in [0, 0.05) is 7.05 Å². The summed E-state index contributed by atoms with van der Waals surface area (Å²) in [7, 11) is 1.35. The summed E-state index contributed by atoms with van der Waals surface area (Å²) in [5, 5.41) is 0. The second-order valence-electron chi connectivity index (χ2n) is 6.08. The van der Waals surface area contributed by atoms with E-state index in [1.165, 1.54) is 0 Å². The zero-order chi connectivity index (χ0) is 14.4. The summed E-state index contributed by atoms with van der Waals surface area (Å²) < 4.78 is 11.9. The van der Waals surface area contributed by atoms with Crippen molar-refractivity contribution in [3.63, 3.8) is 0 Å². The molecule has 0 bridgehead atoms. The van der Waals surface area contributed by atoms with Crippen molar-refractivity contribution in [3.8, 4) is 0 Å². The Hall–Kier alpha value is -1.27. The maximum atomic E-state index is 11.4. The van der Waals surface area contributed by atoms with E-state index in [-0.39, 0.29) is 5.91 Å². The van der Waals surface area contributed by atoms with Gasteiger partial charge in [-0.3, -0.25) is 4.79 Å². The molecule has 1 atom stereocenters. The molecule has 2 heterocycles. The van der Waals surface area contributed by atoms with E-state index in [2.05, 4.69) is 0 Å². The number of likely N-dealkylation sites (N-methyl/N-ethyl adjacent to an activating group) is 1. The van der Waals surface area contributed by atoms with Crippen molar-refractivity contribution in [3.05, 3.63) is 23.8 Å². The average Bonchev–Trinajstić information content (AvgIpc) is 2.48. The summed E-state index contributed by atoms with van der Waals surface area (Å²) in [6.45, 7) is 7.99. The quantitative estimate of drug-likeness (QED) is 0.751. The van der Waals surface area contributed by atoms with E-state index >= 15 is 0 Å². The van der Waals surface area contributed by atoms with Gasteiger partial charge < -0.3 is 19.9 Å². The van der Waals surface area contributed by atoms with Crippen LogP contribution in [0.15, 0.2) is 23.8 Å². The molecule has 1 unspecified atom stereocenters. The SMILES string of the molecule is CN1C=CC(B2OC(C)(C)C(C)(C)O2)=CC1C(N)=O. The number of primary amides is 1. The van der Waals surface area contributed by atoms with Crippen LogP contribution in [-0.2, 0) is 14.1 Å². The van der Waals surface area contributed by atoms with Gasteiger partial charge in [0.2, 0.25) is 5.91 Å². The number of rotatable bonds is 2. The molecule has 104 valence electrons. The predicted octanol–water partition coefficient (Wildman–Crippen LogP) is 0.857. The van der Waals surface area contributed by atoms with E-state index in [0.29, 0.717) is 0 Å². The fraction of sp³-hybridized carbons (Fsp3) is 0.615. The normalized spacial score (nSPS) is 28.5. The first-order valence-corrected chi connectivity index (χ1v) is 6.41. The maximum Gasteiger partial charge on any atom is 0.494 e. The number of allylic oxidation sites excluding steroid dienone is 2. The van der Waals surface area contributed by atoms with Crippen molar-refractivity contribution >= 4 is 13.0 Å². The van der Waals surface area contributed by atoms with Crippen LogP contribution in [0.2, 0.25) is 0 Å². The molecule has 0 spiro atoms. The van der Waals surface area contributed by atoms with E-state index in [0.717, 1.165) is 5.47 Å². The van der Waals surface area contributed by atoms with Crippen LogP contribution in [0.3, 0.4) is 0 Å². The molecular weight excluding hydrogens is 243 g/mol. The summed E-state index contributed by atoms with van der Waals surface area (Å²) in [4.78, 5) is 13.2. The largest absolute Gasteiger partial charge is 0.494 e. The number of carbonyl (C=O) groups is 1. The zero-order valence-electron chi connectivity index (χ0n) is 12.1. The second-order valence-corrected chi connectivity index (χ2v) is 6.08. The number of hydrogen-bond acceptors (Lipinski definition) is 4. The van der Waals surface area contributed by atoms with E-state index in [4.69, 9.17) is 15.0 Å². The van der Waals surface area contributed by atoms with E-state index in [9.17, 15) is 4.79 Å². The van der Waals surface area contributed by atoms with Crippen LogP contribution in [0.4, 0.5) is 0 Å². The monoisotopic (exact) mass is 264 g/mol. The minimum Gasteiger partial charge on any atom is -0.399 e. The Morgan fingerprint density at radius 3 is 2.32 bits per heavy atom. The highest BCUT2D eigenvalue weighted by Crippen LogP contribution is 2.39. The molecule has 2 N–H and O–H groups in total. The molecule has 0 aromatic heterocycles. The number of amides is 1. The van der Waals surface area contributed by atoms with Gasteiger partial charge in [0.05, 0.1) is 11.2 Å². The highest BCUT2D eigenvalue weighted by atomic mass is 16.7. The van der Waals surface area contributed by atoms with Crippen LogP contribution in [0.1, 0.15) is 27.7 Å². The Morgan fingerprint density at radius 2 is 1.84 bits per heavy atom. The molecule has 1 saturated heterocycles. The van der Waals surface area contributed by atoms with Crippen LogP contribution in [0, 0.1) is 0 Å². The van der Waals surface area contributed by atoms with Gasteiger partial charge in [-0.25, -0.2) is 0 Å². The van der Waals surface area contributed by atoms with Crippen molar-refractivity contribution in [1.82, 2.24) is 4.90 Å². The summed E-state index contributed by atoms with van der Waals surface area (Å²) >= 11 is 0. The van der Waals surface area contributed by atoms with Crippen molar-refractivity contribution in [2.75, 3.05) is 7.05 Å². The smallest absolute Gasteiger partial charge is 0.399 e. The van der Waals surface area contributed by atoms with Gasteiger partial charge in [-0.15, -0.1) is 0 Å². The van der Waals surface area contributed by atoms with Crippen LogP contribution in [-0.4, -0.2) is 42.2 Å². The van der Waals surface area contributed by atoms with Crippen molar-refractivity contribution in [1.29, 1.82) is 0 Å². The van der Waals surface area contributed by atoms with Gasteiger partial charge in [0.25, 0.3) is 0 Å². The topological polar surface area (TPSA) is 64.8 Å². The Labute approximate surface area is 114 Å². The lowest BCUT2D eigenvalue weighted by Gasteiger charge is -2.32. The van der Waals surface area contributed by atoms with Gasteiger partial charge in [-0.05, 0) is 45.4 Å². The number of nitrogens with zero attached hydrogens (tertiary/aromatic N) is 1. The summed E-state index contributed by atoms with van der Waals surface area (Å²) in [6.07, 6.45) is 5.50. The fourth-order valence-electron chi connectivity index (χ4n) is 2.07. The van der Waals surface area contributed by atoms with Crippen LogP contribution in [0.25, 0.3) is 0 Å². The fourth-order valence-corrected chi connectivity index (χ4v) is 2.07. The van der Waals surface area contributed by atoms with Gasteiger partial charge in [-0.2, -0.15) is 0 Å². The second kappa shape index (κ2) is 4.39. The molecule has 0 aromatic rings. The third-order valence-electron chi connectivity index (χ3n) is 4.11. The van der Waals surface area contributed by atoms with Crippen LogP contribution in [0.5, 0.6) is 0 Å². The summed E-state index contributed by atoms with van der Waals surface area (Å²) in [5.41, 5.74) is 5.44. The average molecular weight is 264 g/mol. The van der Waals surface area contributed by atoms with Crippen molar-refractivity contribution < 1.29 is 14.1 Å². The Kier molecular flexibility index (Phi) is 3.27. The molecule has 6 heteroatoms. The molecule has 1 amide bonds. The molecule has 1 fully saturated rings. The van der Waals surface area contributed by atoms with E-state index in [1.54, 1.807) is 11.0 Å². The molecule has 2 rings (SSSR count). The van der Waals surface area contributed by atoms with Gasteiger partial charge in [0.15, 0.2) is 0 Å². The first-order valence-electron chi connectivity index (χ1n) is 6.41. The van der Waals surface area contributed by atoms with Gasteiger partial charge in [-0.1, -0.05) is 6.08 Å². The molecular formula is C13H21BN2O3. The first-order chi connectivity index (χ1) is 8.64. The highest BCUT2D eigenvalue weighted by Gasteiger charge is 2.52. The third kappa shape index (κ3) is 2.42. The zero-order valence-corrected chi connectivity index (χ0v) is 12.1. The summed E-state index contributed by atoms with van der Waals surface area (Å²) in [5.74, 6) is -0.388. The Morgan fingerprint density at radius 1 is 1.32 bits per heavy atom. The maximum absolute atomic E-state index is 11.4. The number of carbonyl (C=O) groups excluding carboxylic acids is 1. The van der Waals surface area contributed by atoms with E-state index in [1.807, 2.05) is 47.0 Å². The van der Waals surface area contributed by atoms with Crippen molar-refractivity contribution in [2.24, 2.45) is 5.73 Å². The molecule has 5 nitrogen and oxygen atoms in total. The Bertz CT molecular complexity index is 441. The van der Waals surface area contributed by atoms with E-state index < -0.39 is 24.4 Å². The van der Waals surface area contributed by atoms with Crippen LogP contribution < -0.4 is 5.73 Å². The lowest BCUT2D eigenvalue weighted by Crippen LogP contribution is -2.41.